The van der Waals surface area contributed by atoms with Gasteiger partial charge in [0.25, 0.3) is 0 Å². The van der Waals surface area contributed by atoms with Gasteiger partial charge in [-0.15, -0.1) is 0 Å². The van der Waals surface area contributed by atoms with Gasteiger partial charge in [-0.05, 0) is 79.4 Å². The van der Waals surface area contributed by atoms with Crippen LogP contribution in [0.3, 0.4) is 0 Å². The summed E-state index contributed by atoms with van der Waals surface area (Å²) < 4.78 is 10.4. The van der Waals surface area contributed by atoms with Gasteiger partial charge in [-0.3, -0.25) is 4.79 Å². The number of esters is 1. The molecule has 134 valence electrons. The maximum Gasteiger partial charge on any atom is 0.312 e. The SMILES string of the molecule is COC(=O)[C@@H](/C=C/c1ccc(OC)cc1)C1C2CC3CC(C2)CC1C3. The van der Waals surface area contributed by atoms with E-state index in [9.17, 15) is 4.79 Å². The van der Waals surface area contributed by atoms with Gasteiger partial charge in [-0.2, -0.15) is 0 Å². The molecule has 0 unspecified atom stereocenters. The van der Waals surface area contributed by atoms with Crippen LogP contribution in [-0.4, -0.2) is 20.2 Å². The van der Waals surface area contributed by atoms with Crippen LogP contribution in [0, 0.1) is 35.5 Å². The molecule has 3 heteroatoms. The summed E-state index contributed by atoms with van der Waals surface area (Å²) in [5, 5.41) is 0. The molecule has 0 N–H and O–H groups in total. The highest BCUT2D eigenvalue weighted by Crippen LogP contribution is 2.58. The first-order chi connectivity index (χ1) is 12.2. The third kappa shape index (κ3) is 3.21. The molecule has 0 heterocycles. The molecule has 5 rings (SSSR count). The van der Waals surface area contributed by atoms with Crippen LogP contribution in [0.5, 0.6) is 5.75 Å². The van der Waals surface area contributed by atoms with Gasteiger partial charge >= 0.3 is 5.97 Å². The Labute approximate surface area is 150 Å². The molecular formula is C22H28O3. The van der Waals surface area contributed by atoms with Crippen molar-refractivity contribution in [3.05, 3.63) is 35.9 Å². The molecule has 1 aromatic rings. The van der Waals surface area contributed by atoms with Crippen LogP contribution in [-0.2, 0) is 9.53 Å². The molecular weight excluding hydrogens is 312 g/mol. The van der Waals surface area contributed by atoms with Gasteiger partial charge in [0.15, 0.2) is 0 Å². The van der Waals surface area contributed by atoms with Crippen molar-refractivity contribution >= 4 is 12.0 Å². The fourth-order valence-electron chi connectivity index (χ4n) is 5.98. The van der Waals surface area contributed by atoms with Crippen LogP contribution >= 0.6 is 0 Å². The number of methoxy groups -OCH3 is 2. The smallest absolute Gasteiger partial charge is 0.312 e. The Morgan fingerprint density at radius 3 is 2.12 bits per heavy atom. The molecule has 4 aliphatic carbocycles. The fourth-order valence-corrected chi connectivity index (χ4v) is 5.98. The quantitative estimate of drug-likeness (QED) is 0.737. The van der Waals surface area contributed by atoms with Gasteiger partial charge in [0.05, 0.1) is 20.1 Å². The van der Waals surface area contributed by atoms with Crippen molar-refractivity contribution in [1.29, 1.82) is 0 Å². The van der Waals surface area contributed by atoms with E-state index in [4.69, 9.17) is 9.47 Å². The lowest BCUT2D eigenvalue weighted by molar-refractivity contribution is -0.151. The molecule has 0 saturated heterocycles. The highest BCUT2D eigenvalue weighted by molar-refractivity contribution is 5.76. The second kappa shape index (κ2) is 6.86. The van der Waals surface area contributed by atoms with E-state index < -0.39 is 0 Å². The molecule has 0 aromatic heterocycles. The van der Waals surface area contributed by atoms with Gasteiger partial charge in [-0.25, -0.2) is 0 Å². The number of carbonyl (C=O) groups is 1. The van der Waals surface area contributed by atoms with Crippen LogP contribution in [0.15, 0.2) is 30.3 Å². The lowest BCUT2D eigenvalue weighted by atomic mass is 9.49. The Balaban J connectivity index is 1.56. The predicted molar refractivity (Wildman–Crippen MR) is 98.1 cm³/mol. The number of benzene rings is 1. The molecule has 4 fully saturated rings. The van der Waals surface area contributed by atoms with Crippen LogP contribution in [0.25, 0.3) is 6.08 Å². The van der Waals surface area contributed by atoms with Crippen molar-refractivity contribution in [3.63, 3.8) is 0 Å². The Kier molecular flexibility index (Phi) is 4.58. The summed E-state index contributed by atoms with van der Waals surface area (Å²) in [5.74, 6) is 4.40. The van der Waals surface area contributed by atoms with E-state index >= 15 is 0 Å². The molecule has 0 spiro atoms. The van der Waals surface area contributed by atoms with Crippen molar-refractivity contribution in [2.24, 2.45) is 35.5 Å². The number of hydrogen-bond acceptors (Lipinski definition) is 3. The van der Waals surface area contributed by atoms with Gasteiger partial charge in [0, 0.05) is 0 Å². The first kappa shape index (κ1) is 16.7. The summed E-state index contributed by atoms with van der Waals surface area (Å²) in [4.78, 5) is 12.6. The topological polar surface area (TPSA) is 35.5 Å². The minimum Gasteiger partial charge on any atom is -0.497 e. The van der Waals surface area contributed by atoms with E-state index in [1.807, 2.05) is 24.3 Å². The molecule has 0 aliphatic heterocycles. The summed E-state index contributed by atoms with van der Waals surface area (Å²) in [6.45, 7) is 0. The molecule has 1 aromatic carbocycles. The van der Waals surface area contributed by atoms with E-state index in [2.05, 4.69) is 12.2 Å². The molecule has 4 bridgehead atoms. The van der Waals surface area contributed by atoms with Gasteiger partial charge in [0.1, 0.15) is 5.75 Å². The second-order valence-corrected chi connectivity index (χ2v) is 8.19. The number of ether oxygens (including phenoxy) is 2. The largest absolute Gasteiger partial charge is 0.497 e. The van der Waals surface area contributed by atoms with E-state index in [0.717, 1.165) is 23.1 Å². The van der Waals surface area contributed by atoms with E-state index in [1.54, 1.807) is 7.11 Å². The van der Waals surface area contributed by atoms with Gasteiger partial charge in [-0.1, -0.05) is 24.3 Å². The van der Waals surface area contributed by atoms with Crippen LogP contribution in [0.4, 0.5) is 0 Å². The van der Waals surface area contributed by atoms with Gasteiger partial charge < -0.3 is 9.47 Å². The Morgan fingerprint density at radius 1 is 1.00 bits per heavy atom. The number of hydrogen-bond donors (Lipinski definition) is 0. The molecule has 25 heavy (non-hydrogen) atoms. The molecule has 4 saturated carbocycles. The molecule has 0 amide bonds. The maximum atomic E-state index is 12.6. The van der Waals surface area contributed by atoms with Crippen molar-refractivity contribution in [2.75, 3.05) is 14.2 Å². The monoisotopic (exact) mass is 340 g/mol. The zero-order valence-corrected chi connectivity index (χ0v) is 15.2. The minimum atomic E-state index is -0.109. The third-order valence-corrected chi connectivity index (χ3v) is 6.80. The molecule has 1 atom stereocenters. The Hall–Kier alpha value is -1.77. The average molecular weight is 340 g/mol. The lowest BCUT2D eigenvalue weighted by Crippen LogP contribution is -2.48. The summed E-state index contributed by atoms with van der Waals surface area (Å²) >= 11 is 0. The van der Waals surface area contributed by atoms with Crippen LogP contribution < -0.4 is 4.74 Å². The summed E-state index contributed by atoms with van der Waals surface area (Å²) in [7, 11) is 3.19. The van der Waals surface area contributed by atoms with Gasteiger partial charge in [0.2, 0.25) is 0 Å². The second-order valence-electron chi connectivity index (χ2n) is 8.19. The number of carbonyl (C=O) groups excluding carboxylic acids is 1. The first-order valence-electron chi connectivity index (χ1n) is 9.58. The summed E-state index contributed by atoms with van der Waals surface area (Å²) in [6, 6.07) is 7.96. The van der Waals surface area contributed by atoms with E-state index in [-0.39, 0.29) is 11.9 Å². The highest BCUT2D eigenvalue weighted by Gasteiger charge is 2.51. The Bertz CT molecular complexity index is 618. The van der Waals surface area contributed by atoms with E-state index in [1.165, 1.54) is 39.2 Å². The zero-order valence-electron chi connectivity index (χ0n) is 15.2. The summed E-state index contributed by atoms with van der Waals surface area (Å²) in [5.41, 5.74) is 1.10. The molecule has 3 nitrogen and oxygen atoms in total. The minimum absolute atomic E-state index is 0.0674. The van der Waals surface area contributed by atoms with Crippen LogP contribution in [0.2, 0.25) is 0 Å². The Morgan fingerprint density at radius 2 is 1.60 bits per heavy atom. The lowest BCUT2D eigenvalue weighted by Gasteiger charge is -2.55. The van der Waals surface area contributed by atoms with E-state index in [0.29, 0.717) is 17.8 Å². The first-order valence-corrected chi connectivity index (χ1v) is 9.58. The standard InChI is InChI=1S/C22H28O3/c1-24-19-6-3-14(4-7-19)5-8-20(22(23)25-2)21-17-10-15-9-16(12-17)13-18(21)11-15/h3-8,15-18,20-21H,9-13H2,1-2H3/b8-5+/t15?,16?,17?,18?,20-,21?/m0/s1. The van der Waals surface area contributed by atoms with Crippen molar-refractivity contribution in [1.82, 2.24) is 0 Å². The zero-order chi connectivity index (χ0) is 17.4. The predicted octanol–water partition coefficient (Wildman–Crippen LogP) is 4.57. The van der Waals surface area contributed by atoms with Crippen molar-refractivity contribution < 1.29 is 14.3 Å². The fraction of sp³-hybridized carbons (Fsp3) is 0.591. The maximum absolute atomic E-state index is 12.6. The third-order valence-electron chi connectivity index (χ3n) is 6.80. The highest BCUT2D eigenvalue weighted by atomic mass is 16.5. The summed E-state index contributed by atoms with van der Waals surface area (Å²) in [6.07, 6.45) is 10.9. The normalized spacial score (nSPS) is 34.2. The van der Waals surface area contributed by atoms with Crippen LogP contribution in [0.1, 0.15) is 37.7 Å². The molecule has 0 radical (unpaired) electrons. The van der Waals surface area contributed by atoms with Crippen molar-refractivity contribution in [2.45, 2.75) is 32.1 Å². The average Bonchev–Trinajstić information content (AvgIpc) is 2.63. The molecule has 4 aliphatic rings. The number of rotatable bonds is 5. The van der Waals surface area contributed by atoms with Crippen molar-refractivity contribution in [3.8, 4) is 5.75 Å².